The molecule has 1 aromatic rings. The molecule has 2 heteroatoms. The molecule has 0 bridgehead atoms. The maximum absolute atomic E-state index is 5.55. The van der Waals surface area contributed by atoms with Gasteiger partial charge in [0.1, 0.15) is 0 Å². The molecule has 0 aromatic heterocycles. The smallest absolute Gasteiger partial charge is 0.0977 e. The highest BCUT2D eigenvalue weighted by molar-refractivity contribution is 5.82. The second kappa shape index (κ2) is 3.76. The van der Waals surface area contributed by atoms with Crippen molar-refractivity contribution in [3.05, 3.63) is 35.9 Å². The lowest BCUT2D eigenvalue weighted by Gasteiger charge is -1.98. The first-order valence-corrected chi connectivity index (χ1v) is 3.58. The van der Waals surface area contributed by atoms with Crippen molar-refractivity contribution in [1.82, 2.24) is 0 Å². The highest BCUT2D eigenvalue weighted by Gasteiger charge is 1.92. The van der Waals surface area contributed by atoms with Crippen LogP contribution in [0.3, 0.4) is 0 Å². The summed E-state index contributed by atoms with van der Waals surface area (Å²) in [6, 6.07) is 10.1. The summed E-state index contributed by atoms with van der Waals surface area (Å²) in [5.74, 6) is 0.677. The standard InChI is InChI=1S/C9H12N2/c1-11-9(10)7-8-5-3-2-4-6-8/h2-6H,7H2,1H3,(H2,10,11). The van der Waals surface area contributed by atoms with Crippen molar-refractivity contribution in [3.8, 4) is 0 Å². The van der Waals surface area contributed by atoms with Crippen LogP contribution in [0, 0.1) is 0 Å². The summed E-state index contributed by atoms with van der Waals surface area (Å²) in [5, 5.41) is 0. The minimum atomic E-state index is 0.677. The first kappa shape index (κ1) is 7.79. The largest absolute Gasteiger partial charge is 0.387 e. The number of hydrogen-bond acceptors (Lipinski definition) is 1. The van der Waals surface area contributed by atoms with Crippen molar-refractivity contribution in [3.63, 3.8) is 0 Å². The van der Waals surface area contributed by atoms with Crippen LogP contribution in [-0.2, 0) is 6.42 Å². The molecule has 58 valence electrons. The zero-order chi connectivity index (χ0) is 8.10. The highest BCUT2D eigenvalue weighted by atomic mass is 14.8. The van der Waals surface area contributed by atoms with Crippen LogP contribution in [0.1, 0.15) is 5.56 Å². The van der Waals surface area contributed by atoms with E-state index in [1.54, 1.807) is 7.05 Å². The van der Waals surface area contributed by atoms with Crippen LogP contribution in [0.4, 0.5) is 0 Å². The fraction of sp³-hybridized carbons (Fsp3) is 0.222. The molecule has 2 N–H and O–H groups in total. The predicted molar refractivity (Wildman–Crippen MR) is 47.7 cm³/mol. The summed E-state index contributed by atoms with van der Waals surface area (Å²) >= 11 is 0. The first-order chi connectivity index (χ1) is 5.33. The topological polar surface area (TPSA) is 38.4 Å². The fourth-order valence-corrected chi connectivity index (χ4v) is 0.884. The fourth-order valence-electron chi connectivity index (χ4n) is 0.884. The van der Waals surface area contributed by atoms with Gasteiger partial charge in [0, 0.05) is 13.5 Å². The molecule has 0 saturated heterocycles. The first-order valence-electron chi connectivity index (χ1n) is 3.58. The summed E-state index contributed by atoms with van der Waals surface area (Å²) < 4.78 is 0. The molecule has 0 aliphatic carbocycles. The number of rotatable bonds is 2. The van der Waals surface area contributed by atoms with Gasteiger partial charge in [0.25, 0.3) is 0 Å². The lowest BCUT2D eigenvalue weighted by Crippen LogP contribution is -2.14. The Kier molecular flexibility index (Phi) is 2.66. The summed E-state index contributed by atoms with van der Waals surface area (Å²) in [5.41, 5.74) is 6.76. The van der Waals surface area contributed by atoms with E-state index in [1.165, 1.54) is 5.56 Å². The van der Waals surface area contributed by atoms with Gasteiger partial charge in [0.05, 0.1) is 5.84 Å². The third-order valence-corrected chi connectivity index (χ3v) is 1.52. The molecule has 0 unspecified atom stereocenters. The molecule has 1 rings (SSSR count). The molecule has 0 fully saturated rings. The minimum absolute atomic E-state index is 0.677. The van der Waals surface area contributed by atoms with Gasteiger partial charge in [-0.05, 0) is 5.56 Å². The van der Waals surface area contributed by atoms with Crippen LogP contribution in [-0.4, -0.2) is 12.9 Å². The summed E-state index contributed by atoms with van der Waals surface area (Å²) in [4.78, 5) is 3.88. The molecule has 0 amide bonds. The van der Waals surface area contributed by atoms with Gasteiger partial charge in [-0.3, -0.25) is 4.99 Å². The van der Waals surface area contributed by atoms with E-state index < -0.39 is 0 Å². The average molecular weight is 148 g/mol. The monoisotopic (exact) mass is 148 g/mol. The Labute approximate surface area is 66.8 Å². The van der Waals surface area contributed by atoms with E-state index in [-0.39, 0.29) is 0 Å². The predicted octanol–water partition coefficient (Wildman–Crippen LogP) is 1.22. The average Bonchev–Trinajstić information content (AvgIpc) is 2.06. The number of benzene rings is 1. The molecule has 0 atom stereocenters. The third kappa shape index (κ3) is 2.42. The molecule has 0 heterocycles. The van der Waals surface area contributed by atoms with E-state index >= 15 is 0 Å². The van der Waals surface area contributed by atoms with Crippen molar-refractivity contribution in [2.75, 3.05) is 7.05 Å². The van der Waals surface area contributed by atoms with Crippen molar-refractivity contribution < 1.29 is 0 Å². The normalized spacial score (nSPS) is 11.5. The van der Waals surface area contributed by atoms with Gasteiger partial charge in [0.15, 0.2) is 0 Å². The summed E-state index contributed by atoms with van der Waals surface area (Å²) in [6.07, 6.45) is 0.747. The summed E-state index contributed by atoms with van der Waals surface area (Å²) in [7, 11) is 1.71. The van der Waals surface area contributed by atoms with Crippen LogP contribution in [0.5, 0.6) is 0 Å². The molecule has 0 aliphatic rings. The Morgan fingerprint density at radius 2 is 2.00 bits per heavy atom. The summed E-state index contributed by atoms with van der Waals surface area (Å²) in [6.45, 7) is 0. The van der Waals surface area contributed by atoms with Crippen LogP contribution in [0.2, 0.25) is 0 Å². The third-order valence-electron chi connectivity index (χ3n) is 1.52. The van der Waals surface area contributed by atoms with Gasteiger partial charge >= 0.3 is 0 Å². The van der Waals surface area contributed by atoms with Crippen LogP contribution in [0.25, 0.3) is 0 Å². The Bertz CT molecular complexity index is 239. The Balaban J connectivity index is 2.65. The van der Waals surface area contributed by atoms with E-state index in [4.69, 9.17) is 5.73 Å². The number of hydrogen-bond donors (Lipinski definition) is 1. The van der Waals surface area contributed by atoms with Crippen LogP contribution < -0.4 is 5.73 Å². The molecular weight excluding hydrogens is 136 g/mol. The Hall–Kier alpha value is -1.31. The van der Waals surface area contributed by atoms with Gasteiger partial charge < -0.3 is 5.73 Å². The van der Waals surface area contributed by atoms with Gasteiger partial charge in [-0.15, -0.1) is 0 Å². The lowest BCUT2D eigenvalue weighted by molar-refractivity contribution is 1.25. The maximum atomic E-state index is 5.55. The second-order valence-corrected chi connectivity index (χ2v) is 2.38. The van der Waals surface area contributed by atoms with Crippen LogP contribution in [0.15, 0.2) is 35.3 Å². The van der Waals surface area contributed by atoms with E-state index in [9.17, 15) is 0 Å². The quantitative estimate of drug-likeness (QED) is 0.497. The lowest BCUT2D eigenvalue weighted by atomic mass is 10.1. The van der Waals surface area contributed by atoms with Gasteiger partial charge in [-0.1, -0.05) is 30.3 Å². The second-order valence-electron chi connectivity index (χ2n) is 2.38. The number of nitrogens with zero attached hydrogens (tertiary/aromatic N) is 1. The molecule has 0 spiro atoms. The van der Waals surface area contributed by atoms with E-state index in [0.717, 1.165) is 6.42 Å². The molecule has 11 heavy (non-hydrogen) atoms. The van der Waals surface area contributed by atoms with Crippen molar-refractivity contribution in [2.45, 2.75) is 6.42 Å². The molecular formula is C9H12N2. The highest BCUT2D eigenvalue weighted by Crippen LogP contribution is 1.98. The Morgan fingerprint density at radius 1 is 1.36 bits per heavy atom. The van der Waals surface area contributed by atoms with Crippen LogP contribution >= 0.6 is 0 Å². The van der Waals surface area contributed by atoms with Gasteiger partial charge in [-0.2, -0.15) is 0 Å². The van der Waals surface area contributed by atoms with E-state index in [2.05, 4.69) is 4.99 Å². The van der Waals surface area contributed by atoms with Gasteiger partial charge in [0.2, 0.25) is 0 Å². The molecule has 0 saturated carbocycles. The number of aliphatic imine (C=N–C) groups is 1. The zero-order valence-electron chi connectivity index (χ0n) is 6.62. The molecule has 1 aromatic carbocycles. The Morgan fingerprint density at radius 3 is 2.55 bits per heavy atom. The van der Waals surface area contributed by atoms with Gasteiger partial charge in [-0.25, -0.2) is 0 Å². The van der Waals surface area contributed by atoms with E-state index in [1.807, 2.05) is 30.3 Å². The zero-order valence-corrected chi connectivity index (χ0v) is 6.62. The minimum Gasteiger partial charge on any atom is -0.387 e. The van der Waals surface area contributed by atoms with Crippen molar-refractivity contribution in [2.24, 2.45) is 10.7 Å². The number of nitrogens with two attached hydrogens (primary N) is 1. The molecule has 0 radical (unpaired) electrons. The number of amidine groups is 1. The SMILES string of the molecule is CN=C(N)Cc1ccccc1. The molecule has 0 aliphatic heterocycles. The van der Waals surface area contributed by atoms with Crippen molar-refractivity contribution >= 4 is 5.84 Å². The van der Waals surface area contributed by atoms with E-state index in [0.29, 0.717) is 5.84 Å². The molecule has 2 nitrogen and oxygen atoms in total. The van der Waals surface area contributed by atoms with Crippen molar-refractivity contribution in [1.29, 1.82) is 0 Å². The maximum Gasteiger partial charge on any atom is 0.0977 e.